The third kappa shape index (κ3) is 6.03. The summed E-state index contributed by atoms with van der Waals surface area (Å²) in [5, 5.41) is 14.0. The van der Waals surface area contributed by atoms with E-state index in [0.29, 0.717) is 16.0 Å². The number of rotatable bonds is 8. The quantitative estimate of drug-likeness (QED) is 0.191. The van der Waals surface area contributed by atoms with Gasteiger partial charge >= 0.3 is 0 Å². The molecule has 0 spiro atoms. The van der Waals surface area contributed by atoms with Gasteiger partial charge in [0.05, 0.1) is 18.2 Å². The molecule has 7 nitrogen and oxygen atoms in total. The average molecular weight is 492 g/mol. The monoisotopic (exact) mass is 491 g/mol. The minimum atomic E-state index is -0.251. The van der Waals surface area contributed by atoms with E-state index >= 15 is 0 Å². The molecule has 0 atom stereocenters. The number of benzene rings is 2. The van der Waals surface area contributed by atoms with Crippen molar-refractivity contribution in [3.05, 3.63) is 88.8 Å². The Bertz CT molecular complexity index is 1310. The van der Waals surface area contributed by atoms with Crippen molar-refractivity contribution in [3.8, 4) is 17.1 Å². The van der Waals surface area contributed by atoms with E-state index in [1.807, 2.05) is 85.2 Å². The van der Waals surface area contributed by atoms with E-state index < -0.39 is 0 Å². The Balaban J connectivity index is 1.48. The molecule has 2 aromatic carbocycles. The number of hydrazone groups is 1. The summed E-state index contributed by atoms with van der Waals surface area (Å²) >= 11 is 7.33. The number of halogens is 1. The molecule has 9 heteroatoms. The molecule has 4 rings (SSSR count). The fourth-order valence-corrected chi connectivity index (χ4v) is 3.95. The number of thioether (sulfide) groups is 1. The van der Waals surface area contributed by atoms with Crippen LogP contribution in [0.3, 0.4) is 0 Å². The number of allylic oxidation sites excluding steroid dienone is 1. The van der Waals surface area contributed by atoms with Crippen LogP contribution in [0.15, 0.2) is 87.2 Å². The Morgan fingerprint density at radius 1 is 1.15 bits per heavy atom. The minimum absolute atomic E-state index is 0.128. The number of nitrogens with zero attached hydrogens (tertiary/aromatic N) is 4. The number of aryl methyl sites for hydroxylation is 1. The summed E-state index contributed by atoms with van der Waals surface area (Å²) < 4.78 is 7.19. The highest BCUT2D eigenvalue weighted by atomic mass is 35.5. The van der Waals surface area contributed by atoms with Crippen LogP contribution < -0.4 is 5.43 Å². The molecule has 0 saturated heterocycles. The average Bonchev–Trinajstić information content (AvgIpc) is 3.49. The van der Waals surface area contributed by atoms with Crippen LogP contribution in [-0.4, -0.2) is 32.6 Å². The number of carbonyl (C=O) groups excluding carboxylic acids is 1. The van der Waals surface area contributed by atoms with Crippen molar-refractivity contribution in [3.63, 3.8) is 0 Å². The Morgan fingerprint density at radius 3 is 2.62 bits per heavy atom. The molecule has 0 aliphatic carbocycles. The maximum Gasteiger partial charge on any atom is 0.250 e. The Hall–Kier alpha value is -3.62. The third-order valence-electron chi connectivity index (χ3n) is 4.73. The second kappa shape index (κ2) is 11.0. The van der Waals surface area contributed by atoms with Gasteiger partial charge in [-0.1, -0.05) is 41.1 Å². The molecule has 34 heavy (non-hydrogen) atoms. The van der Waals surface area contributed by atoms with Crippen LogP contribution in [0.25, 0.3) is 23.2 Å². The number of hydrogen-bond donors (Lipinski definition) is 1. The highest BCUT2D eigenvalue weighted by Crippen LogP contribution is 2.28. The summed E-state index contributed by atoms with van der Waals surface area (Å²) in [6.45, 7) is 3.90. The van der Waals surface area contributed by atoms with E-state index in [0.717, 1.165) is 28.1 Å². The number of furan rings is 1. The van der Waals surface area contributed by atoms with Crippen molar-refractivity contribution in [2.24, 2.45) is 5.10 Å². The van der Waals surface area contributed by atoms with Crippen LogP contribution in [-0.2, 0) is 4.79 Å². The van der Waals surface area contributed by atoms with Gasteiger partial charge in [0.25, 0.3) is 5.91 Å². The van der Waals surface area contributed by atoms with E-state index in [-0.39, 0.29) is 11.7 Å². The van der Waals surface area contributed by atoms with Crippen LogP contribution in [0.4, 0.5) is 0 Å². The van der Waals surface area contributed by atoms with Gasteiger partial charge in [-0.25, -0.2) is 5.43 Å². The molecule has 0 radical (unpaired) electrons. The zero-order valence-electron chi connectivity index (χ0n) is 18.6. The number of aromatic nitrogens is 3. The van der Waals surface area contributed by atoms with Gasteiger partial charge in [-0.05, 0) is 74.0 Å². The Morgan fingerprint density at radius 2 is 1.91 bits per heavy atom. The maximum atomic E-state index is 12.4. The van der Waals surface area contributed by atoms with Gasteiger partial charge < -0.3 is 4.42 Å². The van der Waals surface area contributed by atoms with E-state index in [4.69, 9.17) is 16.0 Å². The summed E-state index contributed by atoms with van der Waals surface area (Å²) in [5.41, 5.74) is 6.30. The van der Waals surface area contributed by atoms with E-state index in [9.17, 15) is 4.79 Å². The normalized spacial score (nSPS) is 11.8. The van der Waals surface area contributed by atoms with Crippen molar-refractivity contribution < 1.29 is 9.21 Å². The highest BCUT2D eigenvalue weighted by Gasteiger charge is 2.17. The number of amides is 1. The van der Waals surface area contributed by atoms with Gasteiger partial charge in [-0.15, -0.1) is 10.2 Å². The molecule has 0 fully saturated rings. The molecule has 0 bridgehead atoms. The van der Waals surface area contributed by atoms with Crippen LogP contribution in [0.5, 0.6) is 0 Å². The van der Waals surface area contributed by atoms with Gasteiger partial charge in [0.15, 0.2) is 11.0 Å². The van der Waals surface area contributed by atoms with E-state index in [2.05, 4.69) is 20.7 Å². The van der Waals surface area contributed by atoms with Crippen molar-refractivity contribution in [1.29, 1.82) is 0 Å². The van der Waals surface area contributed by atoms with Gasteiger partial charge in [-0.2, -0.15) is 5.10 Å². The van der Waals surface area contributed by atoms with Crippen molar-refractivity contribution >= 4 is 41.6 Å². The second-order valence-electron chi connectivity index (χ2n) is 7.47. The summed E-state index contributed by atoms with van der Waals surface area (Å²) in [7, 11) is 0. The third-order valence-corrected chi connectivity index (χ3v) is 5.91. The van der Waals surface area contributed by atoms with Crippen LogP contribution in [0.2, 0.25) is 5.02 Å². The Kier molecular flexibility index (Phi) is 7.61. The van der Waals surface area contributed by atoms with Crippen molar-refractivity contribution in [2.45, 2.75) is 19.0 Å². The molecular formula is C25H22ClN5O2S. The molecule has 0 aliphatic heterocycles. The fraction of sp³-hybridized carbons (Fsp3) is 0.120. The lowest BCUT2D eigenvalue weighted by Crippen LogP contribution is -2.20. The van der Waals surface area contributed by atoms with Crippen LogP contribution in [0.1, 0.15) is 18.2 Å². The second-order valence-corrected chi connectivity index (χ2v) is 8.85. The maximum absolute atomic E-state index is 12.4. The number of carbonyl (C=O) groups is 1. The molecule has 1 amide bonds. The van der Waals surface area contributed by atoms with Crippen LogP contribution in [0, 0.1) is 6.92 Å². The first-order valence-corrected chi connectivity index (χ1v) is 11.8. The highest BCUT2D eigenvalue weighted by molar-refractivity contribution is 7.99. The lowest BCUT2D eigenvalue weighted by Gasteiger charge is -2.10. The lowest BCUT2D eigenvalue weighted by molar-refractivity contribution is -0.118. The van der Waals surface area contributed by atoms with Gasteiger partial charge in [0, 0.05) is 16.3 Å². The zero-order valence-corrected chi connectivity index (χ0v) is 20.2. The summed E-state index contributed by atoms with van der Waals surface area (Å²) in [6.07, 6.45) is 4.99. The molecule has 0 aliphatic rings. The first kappa shape index (κ1) is 23.5. The molecule has 4 aromatic rings. The standard InChI is InChI=1S/C25H22ClN5O2S/c1-17-5-11-21(12-6-17)31-24(19-7-9-20(26)10-8-19)29-30-25(31)34-16-23(32)28-27-15-18(2)14-22-4-3-13-33-22/h3-15H,16H2,1-2H3,(H,28,32). The lowest BCUT2D eigenvalue weighted by atomic mass is 10.2. The van der Waals surface area contributed by atoms with Gasteiger partial charge in [0.2, 0.25) is 0 Å². The molecule has 2 heterocycles. The molecule has 172 valence electrons. The topological polar surface area (TPSA) is 85.3 Å². The summed E-state index contributed by atoms with van der Waals surface area (Å²) in [4.78, 5) is 12.4. The molecule has 0 unspecified atom stereocenters. The minimum Gasteiger partial charge on any atom is -0.465 e. The number of hydrogen-bond acceptors (Lipinski definition) is 6. The predicted molar refractivity (Wildman–Crippen MR) is 136 cm³/mol. The zero-order chi connectivity index (χ0) is 23.9. The first-order valence-electron chi connectivity index (χ1n) is 10.4. The smallest absolute Gasteiger partial charge is 0.250 e. The largest absolute Gasteiger partial charge is 0.465 e. The van der Waals surface area contributed by atoms with Gasteiger partial charge in [-0.3, -0.25) is 9.36 Å². The molecule has 1 N–H and O–H groups in total. The van der Waals surface area contributed by atoms with Crippen molar-refractivity contribution in [2.75, 3.05) is 5.75 Å². The van der Waals surface area contributed by atoms with Gasteiger partial charge in [0.1, 0.15) is 5.76 Å². The molecular weight excluding hydrogens is 470 g/mol. The van der Waals surface area contributed by atoms with E-state index in [1.54, 1.807) is 12.5 Å². The fourth-order valence-electron chi connectivity index (χ4n) is 3.08. The summed E-state index contributed by atoms with van der Waals surface area (Å²) in [5.74, 6) is 1.26. The first-order chi connectivity index (χ1) is 16.5. The predicted octanol–water partition coefficient (Wildman–Crippen LogP) is 5.79. The molecule has 0 saturated carbocycles. The summed E-state index contributed by atoms with van der Waals surface area (Å²) in [6, 6.07) is 19.1. The Labute approximate surface area is 206 Å². The number of nitrogens with one attached hydrogen (secondary N) is 1. The van der Waals surface area contributed by atoms with Crippen molar-refractivity contribution in [1.82, 2.24) is 20.2 Å². The van der Waals surface area contributed by atoms with Crippen LogP contribution >= 0.6 is 23.4 Å². The SMILES string of the molecule is CC(C=NNC(=O)CSc1nnc(-c2ccc(Cl)cc2)n1-c1ccc(C)cc1)=Cc1ccco1. The molecule has 2 aromatic heterocycles. The van der Waals surface area contributed by atoms with E-state index in [1.165, 1.54) is 11.8 Å².